The van der Waals surface area contributed by atoms with Gasteiger partial charge in [-0.05, 0) is 26.0 Å². The lowest BCUT2D eigenvalue weighted by Gasteiger charge is -2.05. The van der Waals surface area contributed by atoms with Crippen LogP contribution in [0, 0.1) is 24.0 Å². The molecule has 2 heterocycles. The molecular formula is C14H13N3O3. The van der Waals surface area contributed by atoms with Crippen molar-refractivity contribution in [2.45, 2.75) is 20.4 Å². The van der Waals surface area contributed by atoms with Crippen molar-refractivity contribution in [1.82, 2.24) is 9.72 Å². The molecule has 6 nitrogen and oxygen atoms in total. The average molecular weight is 271 g/mol. The molecule has 0 bridgehead atoms. The molecule has 0 spiro atoms. The maximum Gasteiger partial charge on any atom is 0.278 e. The first kappa shape index (κ1) is 12.4. The lowest BCUT2D eigenvalue weighted by atomic mass is 10.2. The second kappa shape index (κ2) is 4.48. The van der Waals surface area contributed by atoms with Crippen molar-refractivity contribution in [3.8, 4) is 0 Å². The fraction of sp³-hybridized carbons (Fsp3) is 0.214. The van der Waals surface area contributed by atoms with Gasteiger partial charge in [-0.25, -0.2) is 0 Å². The van der Waals surface area contributed by atoms with Gasteiger partial charge < -0.3 is 9.09 Å². The topological polar surface area (TPSA) is 74.1 Å². The van der Waals surface area contributed by atoms with Crippen LogP contribution in [0.5, 0.6) is 0 Å². The number of aromatic nitrogens is 2. The SMILES string of the molecule is Cc1noc(C)c1Cn1ccc2c([N+](=O)[O-])cccc21. The van der Waals surface area contributed by atoms with Crippen molar-refractivity contribution in [3.05, 3.63) is 57.6 Å². The van der Waals surface area contributed by atoms with Crippen LogP contribution in [-0.4, -0.2) is 14.6 Å². The highest BCUT2D eigenvalue weighted by Gasteiger charge is 2.15. The third-order valence-electron chi connectivity index (χ3n) is 3.50. The van der Waals surface area contributed by atoms with E-state index in [9.17, 15) is 10.1 Å². The Hall–Kier alpha value is -2.63. The van der Waals surface area contributed by atoms with Gasteiger partial charge in [0.05, 0.1) is 28.1 Å². The minimum atomic E-state index is -0.359. The number of hydrogen-bond donors (Lipinski definition) is 0. The minimum Gasteiger partial charge on any atom is -0.361 e. The summed E-state index contributed by atoms with van der Waals surface area (Å²) in [4.78, 5) is 10.7. The average Bonchev–Trinajstić information content (AvgIpc) is 2.97. The highest BCUT2D eigenvalue weighted by molar-refractivity contribution is 5.89. The fourth-order valence-electron chi connectivity index (χ4n) is 2.40. The van der Waals surface area contributed by atoms with Crippen molar-refractivity contribution in [1.29, 1.82) is 0 Å². The monoisotopic (exact) mass is 271 g/mol. The number of rotatable bonds is 3. The number of fused-ring (bicyclic) bond motifs is 1. The van der Waals surface area contributed by atoms with Crippen molar-refractivity contribution in [2.24, 2.45) is 0 Å². The van der Waals surface area contributed by atoms with E-state index in [0.29, 0.717) is 11.9 Å². The molecular weight excluding hydrogens is 258 g/mol. The lowest BCUT2D eigenvalue weighted by Crippen LogP contribution is -2.00. The van der Waals surface area contributed by atoms with Crippen LogP contribution < -0.4 is 0 Å². The van der Waals surface area contributed by atoms with Gasteiger partial charge in [0.25, 0.3) is 5.69 Å². The van der Waals surface area contributed by atoms with E-state index < -0.39 is 0 Å². The van der Waals surface area contributed by atoms with Gasteiger partial charge in [-0.1, -0.05) is 11.2 Å². The summed E-state index contributed by atoms with van der Waals surface area (Å²) in [5, 5.41) is 15.6. The third-order valence-corrected chi connectivity index (χ3v) is 3.50. The van der Waals surface area contributed by atoms with Crippen LogP contribution in [0.15, 0.2) is 35.0 Å². The third kappa shape index (κ3) is 1.85. The van der Waals surface area contributed by atoms with E-state index in [1.807, 2.05) is 30.7 Å². The number of nitrogens with zero attached hydrogens (tertiary/aromatic N) is 3. The second-order valence-electron chi connectivity index (χ2n) is 4.71. The quantitative estimate of drug-likeness (QED) is 0.541. The number of benzene rings is 1. The van der Waals surface area contributed by atoms with Crippen molar-refractivity contribution in [3.63, 3.8) is 0 Å². The van der Waals surface area contributed by atoms with E-state index in [0.717, 1.165) is 22.5 Å². The van der Waals surface area contributed by atoms with Crippen molar-refractivity contribution in [2.75, 3.05) is 0 Å². The van der Waals surface area contributed by atoms with Gasteiger partial charge in [-0.15, -0.1) is 0 Å². The predicted octanol–water partition coefficient (Wildman–Crippen LogP) is 3.20. The molecule has 0 saturated heterocycles. The van der Waals surface area contributed by atoms with Crippen LogP contribution in [0.3, 0.4) is 0 Å². The Balaban J connectivity index is 2.10. The van der Waals surface area contributed by atoms with E-state index in [1.54, 1.807) is 12.1 Å². The van der Waals surface area contributed by atoms with Gasteiger partial charge in [-0.2, -0.15) is 0 Å². The Labute approximate surface area is 114 Å². The highest BCUT2D eigenvalue weighted by Crippen LogP contribution is 2.27. The maximum atomic E-state index is 11.0. The van der Waals surface area contributed by atoms with Crippen molar-refractivity contribution < 1.29 is 9.45 Å². The highest BCUT2D eigenvalue weighted by atomic mass is 16.6. The molecule has 0 aliphatic carbocycles. The standard InChI is InChI=1S/C14H13N3O3/c1-9-12(10(2)20-15-9)8-16-7-6-11-13(16)4-3-5-14(11)17(18)19/h3-7H,8H2,1-2H3. The number of non-ortho nitro benzene ring substituents is 1. The number of nitro groups is 1. The van der Waals surface area contributed by atoms with Gasteiger partial charge in [0.2, 0.25) is 0 Å². The van der Waals surface area contributed by atoms with Gasteiger partial charge in [0.15, 0.2) is 0 Å². The Morgan fingerprint density at radius 1 is 1.35 bits per heavy atom. The van der Waals surface area contributed by atoms with Gasteiger partial charge in [-0.3, -0.25) is 10.1 Å². The maximum absolute atomic E-state index is 11.0. The number of nitro benzene ring substituents is 1. The summed E-state index contributed by atoms with van der Waals surface area (Å²) < 4.78 is 7.11. The van der Waals surface area contributed by atoms with Crippen LogP contribution in [-0.2, 0) is 6.54 Å². The van der Waals surface area contributed by atoms with Crippen LogP contribution in [0.2, 0.25) is 0 Å². The van der Waals surface area contributed by atoms with Crippen LogP contribution >= 0.6 is 0 Å². The summed E-state index contributed by atoms with van der Waals surface area (Å²) in [5.41, 5.74) is 2.81. The molecule has 1 aromatic carbocycles. The normalized spacial score (nSPS) is 11.1. The van der Waals surface area contributed by atoms with E-state index in [1.165, 1.54) is 6.07 Å². The largest absolute Gasteiger partial charge is 0.361 e. The Morgan fingerprint density at radius 2 is 2.15 bits per heavy atom. The molecule has 0 saturated carbocycles. The number of hydrogen-bond acceptors (Lipinski definition) is 4. The van der Waals surface area contributed by atoms with E-state index in [2.05, 4.69) is 5.16 Å². The van der Waals surface area contributed by atoms with Crippen LogP contribution in [0.4, 0.5) is 5.69 Å². The molecule has 102 valence electrons. The summed E-state index contributed by atoms with van der Waals surface area (Å²) in [6.45, 7) is 4.34. The first-order valence-corrected chi connectivity index (χ1v) is 6.22. The Morgan fingerprint density at radius 3 is 2.80 bits per heavy atom. The molecule has 3 rings (SSSR count). The predicted molar refractivity (Wildman–Crippen MR) is 73.7 cm³/mol. The first-order valence-electron chi connectivity index (χ1n) is 6.22. The molecule has 0 radical (unpaired) electrons. The lowest BCUT2D eigenvalue weighted by molar-refractivity contribution is -0.383. The van der Waals surface area contributed by atoms with Gasteiger partial charge >= 0.3 is 0 Å². The zero-order valence-corrected chi connectivity index (χ0v) is 11.2. The summed E-state index contributed by atoms with van der Waals surface area (Å²) >= 11 is 0. The zero-order valence-electron chi connectivity index (χ0n) is 11.2. The Kier molecular flexibility index (Phi) is 2.78. The van der Waals surface area contributed by atoms with Gasteiger partial charge in [0.1, 0.15) is 5.76 Å². The minimum absolute atomic E-state index is 0.125. The summed E-state index contributed by atoms with van der Waals surface area (Å²) in [7, 11) is 0. The molecule has 0 aliphatic rings. The van der Waals surface area contributed by atoms with Crippen LogP contribution in [0.1, 0.15) is 17.0 Å². The van der Waals surface area contributed by atoms with E-state index in [-0.39, 0.29) is 10.6 Å². The second-order valence-corrected chi connectivity index (χ2v) is 4.71. The zero-order chi connectivity index (χ0) is 14.3. The Bertz CT molecular complexity index is 782. The van der Waals surface area contributed by atoms with Gasteiger partial charge in [0, 0.05) is 17.8 Å². The molecule has 2 aromatic heterocycles. The van der Waals surface area contributed by atoms with Crippen molar-refractivity contribution >= 4 is 16.6 Å². The molecule has 0 unspecified atom stereocenters. The van der Waals surface area contributed by atoms with Crippen LogP contribution in [0.25, 0.3) is 10.9 Å². The molecule has 0 aliphatic heterocycles. The first-order chi connectivity index (χ1) is 9.58. The van der Waals surface area contributed by atoms with E-state index in [4.69, 9.17) is 4.52 Å². The molecule has 0 amide bonds. The summed E-state index contributed by atoms with van der Waals surface area (Å²) in [6, 6.07) is 6.86. The van der Waals surface area contributed by atoms with E-state index >= 15 is 0 Å². The molecule has 6 heteroatoms. The number of aryl methyl sites for hydroxylation is 2. The smallest absolute Gasteiger partial charge is 0.278 e. The fourth-order valence-corrected chi connectivity index (χ4v) is 2.40. The molecule has 0 N–H and O–H groups in total. The molecule has 0 atom stereocenters. The molecule has 3 aromatic rings. The summed E-state index contributed by atoms with van der Waals surface area (Å²) in [5.74, 6) is 0.773. The molecule has 0 fully saturated rings. The molecule has 20 heavy (non-hydrogen) atoms. The summed E-state index contributed by atoms with van der Waals surface area (Å²) in [6.07, 6.45) is 1.85.